The van der Waals surface area contributed by atoms with Crippen LogP contribution in [-0.2, 0) is 0 Å². The molecular formula is C14H14N2O2. The Labute approximate surface area is 106 Å². The summed E-state index contributed by atoms with van der Waals surface area (Å²) in [5.41, 5.74) is 2.71. The zero-order valence-electron chi connectivity index (χ0n) is 10.6. The average molecular weight is 242 g/mol. The van der Waals surface area contributed by atoms with Gasteiger partial charge in [-0.15, -0.1) is 0 Å². The Balaban J connectivity index is 2.25. The van der Waals surface area contributed by atoms with Crippen molar-refractivity contribution < 1.29 is 9.53 Å². The lowest BCUT2D eigenvalue weighted by atomic mass is 10.2. The van der Waals surface area contributed by atoms with Gasteiger partial charge in [-0.2, -0.15) is 0 Å². The van der Waals surface area contributed by atoms with E-state index in [1.807, 2.05) is 19.9 Å². The first kappa shape index (κ1) is 12.2. The summed E-state index contributed by atoms with van der Waals surface area (Å²) in [6.07, 6.45) is 0. The SMILES string of the molecule is Cc1nc(C)c(OC(=O)c2ccccc2)nc1C. The minimum absolute atomic E-state index is 0.270. The van der Waals surface area contributed by atoms with Crippen LogP contribution in [0.1, 0.15) is 27.4 Å². The molecule has 18 heavy (non-hydrogen) atoms. The molecule has 0 aliphatic heterocycles. The van der Waals surface area contributed by atoms with Crippen molar-refractivity contribution in [3.8, 4) is 5.88 Å². The molecule has 2 rings (SSSR count). The fourth-order valence-corrected chi connectivity index (χ4v) is 1.51. The summed E-state index contributed by atoms with van der Waals surface area (Å²) < 4.78 is 5.25. The topological polar surface area (TPSA) is 52.1 Å². The highest BCUT2D eigenvalue weighted by Gasteiger charge is 2.12. The number of rotatable bonds is 2. The van der Waals surface area contributed by atoms with Crippen LogP contribution in [-0.4, -0.2) is 15.9 Å². The van der Waals surface area contributed by atoms with E-state index in [9.17, 15) is 4.79 Å². The van der Waals surface area contributed by atoms with E-state index in [1.54, 1.807) is 31.2 Å². The predicted molar refractivity (Wildman–Crippen MR) is 67.6 cm³/mol. The zero-order chi connectivity index (χ0) is 13.1. The second-order valence-corrected chi connectivity index (χ2v) is 4.04. The van der Waals surface area contributed by atoms with Gasteiger partial charge in [0.25, 0.3) is 0 Å². The molecule has 0 fully saturated rings. The Hall–Kier alpha value is -2.23. The van der Waals surface area contributed by atoms with Crippen molar-refractivity contribution >= 4 is 5.97 Å². The molecule has 0 saturated heterocycles. The van der Waals surface area contributed by atoms with Crippen LogP contribution in [0.5, 0.6) is 5.88 Å². The molecule has 0 saturated carbocycles. The standard InChI is InChI=1S/C14H14N2O2/c1-9-10(2)16-13(11(3)15-9)18-14(17)12-7-5-4-6-8-12/h4-8H,1-3H3. The van der Waals surface area contributed by atoms with Gasteiger partial charge in [0, 0.05) is 0 Å². The number of aromatic nitrogens is 2. The lowest BCUT2D eigenvalue weighted by Gasteiger charge is -2.08. The first-order valence-electron chi connectivity index (χ1n) is 5.67. The van der Waals surface area contributed by atoms with Crippen LogP contribution < -0.4 is 4.74 Å². The first-order chi connectivity index (χ1) is 8.58. The molecule has 4 nitrogen and oxygen atoms in total. The Bertz CT molecular complexity index is 580. The quantitative estimate of drug-likeness (QED) is 0.759. The van der Waals surface area contributed by atoms with Crippen molar-refractivity contribution in [1.82, 2.24) is 9.97 Å². The predicted octanol–water partition coefficient (Wildman–Crippen LogP) is 2.62. The van der Waals surface area contributed by atoms with Crippen LogP contribution in [0.3, 0.4) is 0 Å². The number of esters is 1. The summed E-state index contributed by atoms with van der Waals surface area (Å²) in [5.74, 6) is -0.150. The van der Waals surface area contributed by atoms with E-state index < -0.39 is 5.97 Å². The molecular weight excluding hydrogens is 228 g/mol. The molecule has 0 atom stereocenters. The molecule has 92 valence electrons. The minimum Gasteiger partial charge on any atom is -0.402 e. The third-order valence-electron chi connectivity index (χ3n) is 2.64. The highest BCUT2D eigenvalue weighted by molar-refractivity contribution is 5.90. The fraction of sp³-hybridized carbons (Fsp3) is 0.214. The van der Waals surface area contributed by atoms with Gasteiger partial charge in [-0.3, -0.25) is 4.98 Å². The van der Waals surface area contributed by atoms with E-state index in [1.165, 1.54) is 0 Å². The molecule has 0 bridgehead atoms. The minimum atomic E-state index is -0.420. The number of nitrogens with zero attached hydrogens (tertiary/aromatic N) is 2. The number of hydrogen-bond acceptors (Lipinski definition) is 4. The highest BCUT2D eigenvalue weighted by atomic mass is 16.5. The van der Waals surface area contributed by atoms with Gasteiger partial charge in [0.15, 0.2) is 0 Å². The molecule has 4 heteroatoms. The summed E-state index contributed by atoms with van der Waals surface area (Å²) in [6.45, 7) is 5.48. The molecule has 0 aliphatic carbocycles. The maximum atomic E-state index is 11.9. The van der Waals surface area contributed by atoms with Gasteiger partial charge in [-0.05, 0) is 32.9 Å². The molecule has 1 aromatic heterocycles. The van der Waals surface area contributed by atoms with Crippen LogP contribution >= 0.6 is 0 Å². The van der Waals surface area contributed by atoms with Gasteiger partial charge >= 0.3 is 5.97 Å². The van der Waals surface area contributed by atoms with Crippen molar-refractivity contribution in [2.45, 2.75) is 20.8 Å². The highest BCUT2D eigenvalue weighted by Crippen LogP contribution is 2.16. The van der Waals surface area contributed by atoms with Gasteiger partial charge in [-0.1, -0.05) is 18.2 Å². The van der Waals surface area contributed by atoms with Gasteiger partial charge in [-0.25, -0.2) is 9.78 Å². The van der Waals surface area contributed by atoms with Gasteiger partial charge < -0.3 is 4.74 Å². The molecule has 0 amide bonds. The largest absolute Gasteiger partial charge is 0.402 e. The smallest absolute Gasteiger partial charge is 0.344 e. The fourth-order valence-electron chi connectivity index (χ4n) is 1.51. The number of benzene rings is 1. The molecule has 1 aromatic carbocycles. The zero-order valence-corrected chi connectivity index (χ0v) is 10.6. The van der Waals surface area contributed by atoms with Crippen LogP contribution in [0.4, 0.5) is 0 Å². The van der Waals surface area contributed by atoms with Crippen LogP contribution in [0.25, 0.3) is 0 Å². The van der Waals surface area contributed by atoms with Crippen LogP contribution in [0.15, 0.2) is 30.3 Å². The normalized spacial score (nSPS) is 10.2. The average Bonchev–Trinajstić information content (AvgIpc) is 2.37. The number of carbonyl (C=O) groups excluding carboxylic acids is 1. The van der Waals surface area contributed by atoms with E-state index >= 15 is 0 Å². The molecule has 0 unspecified atom stereocenters. The molecule has 2 aromatic rings. The monoisotopic (exact) mass is 242 g/mol. The second kappa shape index (κ2) is 4.96. The summed E-state index contributed by atoms with van der Waals surface area (Å²) in [6, 6.07) is 8.82. The van der Waals surface area contributed by atoms with Crippen LogP contribution in [0.2, 0.25) is 0 Å². The molecule has 0 N–H and O–H groups in total. The Morgan fingerprint density at radius 1 is 0.944 bits per heavy atom. The Morgan fingerprint density at radius 3 is 2.22 bits per heavy atom. The van der Waals surface area contributed by atoms with Gasteiger partial charge in [0.2, 0.25) is 5.88 Å². The summed E-state index contributed by atoms with van der Waals surface area (Å²) in [4.78, 5) is 20.4. The lowest BCUT2D eigenvalue weighted by Crippen LogP contribution is -2.12. The molecule has 1 heterocycles. The van der Waals surface area contributed by atoms with E-state index in [0.717, 1.165) is 11.4 Å². The van der Waals surface area contributed by atoms with E-state index in [2.05, 4.69) is 9.97 Å². The third-order valence-corrected chi connectivity index (χ3v) is 2.64. The number of carbonyl (C=O) groups is 1. The van der Waals surface area contributed by atoms with Gasteiger partial charge in [0.05, 0.1) is 17.0 Å². The van der Waals surface area contributed by atoms with E-state index in [4.69, 9.17) is 4.74 Å². The third kappa shape index (κ3) is 2.53. The summed E-state index contributed by atoms with van der Waals surface area (Å²) >= 11 is 0. The summed E-state index contributed by atoms with van der Waals surface area (Å²) in [7, 11) is 0. The van der Waals surface area contributed by atoms with E-state index in [-0.39, 0.29) is 5.88 Å². The van der Waals surface area contributed by atoms with E-state index in [0.29, 0.717) is 11.3 Å². The van der Waals surface area contributed by atoms with Crippen molar-refractivity contribution in [2.24, 2.45) is 0 Å². The Morgan fingerprint density at radius 2 is 1.56 bits per heavy atom. The van der Waals surface area contributed by atoms with Crippen molar-refractivity contribution in [3.63, 3.8) is 0 Å². The van der Waals surface area contributed by atoms with Crippen molar-refractivity contribution in [1.29, 1.82) is 0 Å². The molecule has 0 spiro atoms. The van der Waals surface area contributed by atoms with Crippen molar-refractivity contribution in [2.75, 3.05) is 0 Å². The number of ether oxygens (including phenoxy) is 1. The maximum absolute atomic E-state index is 11.9. The Kier molecular flexibility index (Phi) is 3.37. The summed E-state index contributed by atoms with van der Waals surface area (Å²) in [5, 5.41) is 0. The molecule has 0 radical (unpaired) electrons. The maximum Gasteiger partial charge on any atom is 0.344 e. The van der Waals surface area contributed by atoms with Crippen molar-refractivity contribution in [3.05, 3.63) is 53.0 Å². The lowest BCUT2D eigenvalue weighted by molar-refractivity contribution is 0.0725. The first-order valence-corrected chi connectivity index (χ1v) is 5.67. The second-order valence-electron chi connectivity index (χ2n) is 4.04. The van der Waals surface area contributed by atoms with Gasteiger partial charge in [0.1, 0.15) is 5.69 Å². The molecule has 0 aliphatic rings. The van der Waals surface area contributed by atoms with Crippen LogP contribution in [0, 0.1) is 20.8 Å². The number of aryl methyl sites for hydroxylation is 3. The number of hydrogen-bond donors (Lipinski definition) is 0.